The molecule has 3 aromatic carbocycles. The SMILES string of the molecule is CNC(c1ccc(C)c(F)c1)c1ccc2ccccc2c1. The molecule has 0 aliphatic carbocycles. The lowest BCUT2D eigenvalue weighted by Crippen LogP contribution is -2.17. The van der Waals surface area contributed by atoms with Gasteiger partial charge in [-0.05, 0) is 53.6 Å². The van der Waals surface area contributed by atoms with E-state index >= 15 is 0 Å². The quantitative estimate of drug-likeness (QED) is 0.739. The van der Waals surface area contributed by atoms with Gasteiger partial charge in [0.05, 0.1) is 6.04 Å². The molecule has 1 N–H and O–H groups in total. The van der Waals surface area contributed by atoms with Gasteiger partial charge in [-0.1, -0.05) is 48.5 Å². The zero-order chi connectivity index (χ0) is 14.8. The van der Waals surface area contributed by atoms with Gasteiger partial charge in [0.15, 0.2) is 0 Å². The predicted octanol–water partition coefficient (Wildman–Crippen LogP) is 4.60. The van der Waals surface area contributed by atoms with Crippen LogP contribution in [-0.4, -0.2) is 7.05 Å². The number of aryl methyl sites for hydroxylation is 1. The molecule has 106 valence electrons. The van der Waals surface area contributed by atoms with E-state index < -0.39 is 0 Å². The van der Waals surface area contributed by atoms with Crippen LogP contribution in [0.25, 0.3) is 10.8 Å². The molecular formula is C19H18FN. The second-order valence-electron chi connectivity index (χ2n) is 5.34. The van der Waals surface area contributed by atoms with Gasteiger partial charge in [0.2, 0.25) is 0 Å². The average molecular weight is 279 g/mol. The Kier molecular flexibility index (Phi) is 3.72. The summed E-state index contributed by atoms with van der Waals surface area (Å²) < 4.78 is 13.8. The Balaban J connectivity index is 2.06. The largest absolute Gasteiger partial charge is 0.309 e. The van der Waals surface area contributed by atoms with Crippen molar-refractivity contribution in [2.75, 3.05) is 7.05 Å². The summed E-state index contributed by atoms with van der Waals surface area (Å²) in [6.07, 6.45) is 0. The molecule has 0 aliphatic rings. The highest BCUT2D eigenvalue weighted by atomic mass is 19.1. The average Bonchev–Trinajstić information content (AvgIpc) is 2.51. The summed E-state index contributed by atoms with van der Waals surface area (Å²) in [4.78, 5) is 0. The fourth-order valence-electron chi connectivity index (χ4n) is 2.70. The first-order valence-corrected chi connectivity index (χ1v) is 7.11. The van der Waals surface area contributed by atoms with Crippen LogP contribution in [0.15, 0.2) is 60.7 Å². The maximum atomic E-state index is 13.8. The third-order valence-corrected chi connectivity index (χ3v) is 3.92. The molecule has 0 bridgehead atoms. The van der Waals surface area contributed by atoms with Gasteiger partial charge in [-0.15, -0.1) is 0 Å². The monoisotopic (exact) mass is 279 g/mol. The molecule has 1 nitrogen and oxygen atoms in total. The van der Waals surface area contributed by atoms with Crippen molar-refractivity contribution in [1.29, 1.82) is 0 Å². The van der Waals surface area contributed by atoms with E-state index in [1.54, 1.807) is 13.0 Å². The van der Waals surface area contributed by atoms with Crippen LogP contribution >= 0.6 is 0 Å². The van der Waals surface area contributed by atoms with Crippen LogP contribution in [0.5, 0.6) is 0 Å². The van der Waals surface area contributed by atoms with Gasteiger partial charge in [0.1, 0.15) is 5.82 Å². The van der Waals surface area contributed by atoms with Gasteiger partial charge in [0, 0.05) is 0 Å². The summed E-state index contributed by atoms with van der Waals surface area (Å²) in [5.74, 6) is -0.159. The van der Waals surface area contributed by atoms with Gasteiger partial charge >= 0.3 is 0 Å². The second-order valence-corrected chi connectivity index (χ2v) is 5.34. The van der Waals surface area contributed by atoms with E-state index in [1.807, 2.05) is 31.3 Å². The van der Waals surface area contributed by atoms with Crippen LogP contribution in [0.2, 0.25) is 0 Å². The lowest BCUT2D eigenvalue weighted by molar-refractivity contribution is 0.608. The minimum absolute atomic E-state index is 0.00953. The number of benzene rings is 3. The maximum absolute atomic E-state index is 13.8. The predicted molar refractivity (Wildman–Crippen MR) is 86.0 cm³/mol. The zero-order valence-corrected chi connectivity index (χ0v) is 12.2. The van der Waals surface area contributed by atoms with E-state index in [4.69, 9.17) is 0 Å². The van der Waals surface area contributed by atoms with E-state index in [9.17, 15) is 4.39 Å². The van der Waals surface area contributed by atoms with Gasteiger partial charge in [0.25, 0.3) is 0 Å². The van der Waals surface area contributed by atoms with Crippen LogP contribution in [0.4, 0.5) is 4.39 Å². The van der Waals surface area contributed by atoms with Crippen LogP contribution in [0.1, 0.15) is 22.7 Å². The van der Waals surface area contributed by atoms with Crippen LogP contribution in [0, 0.1) is 12.7 Å². The number of hydrogen-bond donors (Lipinski definition) is 1. The van der Waals surface area contributed by atoms with Gasteiger partial charge < -0.3 is 5.32 Å². The van der Waals surface area contributed by atoms with Gasteiger partial charge in [-0.2, -0.15) is 0 Å². The first-order chi connectivity index (χ1) is 10.2. The molecule has 1 atom stereocenters. The summed E-state index contributed by atoms with van der Waals surface area (Å²) in [6, 6.07) is 20.1. The lowest BCUT2D eigenvalue weighted by Gasteiger charge is -2.18. The molecule has 0 spiro atoms. The lowest BCUT2D eigenvalue weighted by atomic mass is 9.95. The first kappa shape index (κ1) is 13.8. The number of fused-ring (bicyclic) bond motifs is 1. The van der Waals surface area contributed by atoms with Crippen molar-refractivity contribution >= 4 is 10.8 Å². The molecule has 2 heteroatoms. The molecular weight excluding hydrogens is 261 g/mol. The highest BCUT2D eigenvalue weighted by Gasteiger charge is 2.13. The third-order valence-electron chi connectivity index (χ3n) is 3.92. The summed E-state index contributed by atoms with van der Waals surface area (Å²) in [5, 5.41) is 5.69. The van der Waals surface area contributed by atoms with Crippen molar-refractivity contribution < 1.29 is 4.39 Å². The number of nitrogens with one attached hydrogen (secondary N) is 1. The molecule has 0 amide bonds. The van der Waals surface area contributed by atoms with E-state index in [1.165, 1.54) is 10.8 Å². The molecule has 0 radical (unpaired) electrons. The number of hydrogen-bond acceptors (Lipinski definition) is 1. The maximum Gasteiger partial charge on any atom is 0.126 e. The van der Waals surface area contributed by atoms with Crippen molar-refractivity contribution in [3.8, 4) is 0 Å². The first-order valence-electron chi connectivity index (χ1n) is 7.11. The van der Waals surface area contributed by atoms with Gasteiger partial charge in [-0.25, -0.2) is 4.39 Å². The Morgan fingerprint density at radius 1 is 0.857 bits per heavy atom. The minimum Gasteiger partial charge on any atom is -0.309 e. The summed E-state index contributed by atoms with van der Waals surface area (Å²) >= 11 is 0. The Morgan fingerprint density at radius 3 is 2.24 bits per heavy atom. The normalized spacial score (nSPS) is 12.5. The van der Waals surface area contributed by atoms with Crippen LogP contribution < -0.4 is 5.32 Å². The number of halogens is 1. The molecule has 0 heterocycles. The summed E-state index contributed by atoms with van der Waals surface area (Å²) in [6.45, 7) is 1.78. The van der Waals surface area contributed by atoms with Crippen molar-refractivity contribution in [2.24, 2.45) is 0 Å². The summed E-state index contributed by atoms with van der Waals surface area (Å²) in [7, 11) is 1.90. The Hall–Kier alpha value is -2.19. The second kappa shape index (κ2) is 5.66. The minimum atomic E-state index is -0.159. The Morgan fingerprint density at radius 2 is 1.52 bits per heavy atom. The third kappa shape index (κ3) is 2.67. The molecule has 3 rings (SSSR count). The van der Waals surface area contributed by atoms with Crippen LogP contribution in [-0.2, 0) is 0 Å². The smallest absolute Gasteiger partial charge is 0.126 e. The molecule has 0 aromatic heterocycles. The van der Waals surface area contributed by atoms with Crippen LogP contribution in [0.3, 0.4) is 0 Å². The zero-order valence-electron chi connectivity index (χ0n) is 12.2. The van der Waals surface area contributed by atoms with Crippen molar-refractivity contribution in [3.63, 3.8) is 0 Å². The van der Waals surface area contributed by atoms with E-state index in [0.717, 1.165) is 11.1 Å². The van der Waals surface area contributed by atoms with Crippen molar-refractivity contribution in [3.05, 3.63) is 83.2 Å². The Labute approximate surface area is 124 Å². The molecule has 21 heavy (non-hydrogen) atoms. The highest BCUT2D eigenvalue weighted by Crippen LogP contribution is 2.26. The standard InChI is InChI=1S/C19H18FN/c1-13-7-8-17(12-18(13)20)19(21-2)16-10-9-14-5-3-4-6-15(14)11-16/h3-12,19,21H,1-2H3. The summed E-state index contributed by atoms with van der Waals surface area (Å²) in [5.41, 5.74) is 2.75. The molecule has 0 fully saturated rings. The van der Waals surface area contributed by atoms with E-state index in [-0.39, 0.29) is 11.9 Å². The molecule has 0 saturated carbocycles. The van der Waals surface area contributed by atoms with E-state index in [2.05, 4.69) is 35.6 Å². The molecule has 0 aliphatic heterocycles. The fraction of sp³-hybridized carbons (Fsp3) is 0.158. The van der Waals surface area contributed by atoms with Gasteiger partial charge in [-0.3, -0.25) is 0 Å². The highest BCUT2D eigenvalue weighted by molar-refractivity contribution is 5.83. The molecule has 1 unspecified atom stereocenters. The topological polar surface area (TPSA) is 12.0 Å². The molecule has 0 saturated heterocycles. The van der Waals surface area contributed by atoms with Crippen molar-refractivity contribution in [2.45, 2.75) is 13.0 Å². The molecule has 3 aromatic rings. The van der Waals surface area contributed by atoms with E-state index in [0.29, 0.717) is 5.56 Å². The number of rotatable bonds is 3. The Bertz CT molecular complexity index is 779. The fourth-order valence-corrected chi connectivity index (χ4v) is 2.70. The van der Waals surface area contributed by atoms with Crippen molar-refractivity contribution in [1.82, 2.24) is 5.32 Å².